The van der Waals surface area contributed by atoms with Gasteiger partial charge in [0.2, 0.25) is 5.91 Å². The van der Waals surface area contributed by atoms with Crippen molar-refractivity contribution in [3.8, 4) is 22.8 Å². The van der Waals surface area contributed by atoms with Gasteiger partial charge in [-0.3, -0.25) is 9.59 Å². The number of nitrogens with zero attached hydrogens (tertiary/aromatic N) is 2. The van der Waals surface area contributed by atoms with Gasteiger partial charge in [-0.25, -0.2) is 4.68 Å². The lowest BCUT2D eigenvalue weighted by Crippen LogP contribution is -2.33. The summed E-state index contributed by atoms with van der Waals surface area (Å²) in [6.07, 6.45) is 0. The van der Waals surface area contributed by atoms with Crippen LogP contribution in [0.25, 0.3) is 11.3 Å². The molecule has 156 valence electrons. The molecule has 0 saturated heterocycles. The molecule has 0 aliphatic carbocycles. The summed E-state index contributed by atoms with van der Waals surface area (Å²) in [4.78, 5) is 25.2. The summed E-state index contributed by atoms with van der Waals surface area (Å²) in [7, 11) is 1.54. The van der Waals surface area contributed by atoms with Crippen molar-refractivity contribution in [2.45, 2.75) is 26.8 Å². The number of methoxy groups -OCH3 is 1. The standard InChI is InChI=1S/C23H25N3O4/c1-5-30-18-9-7-17(8-10-18)19-11-13-22(27)26(25-19)16(3)23(28)24-20-14-15(2)6-12-21(20)29-4/h6-14,16H,5H2,1-4H3,(H,24,28). The van der Waals surface area contributed by atoms with E-state index in [-0.39, 0.29) is 11.5 Å². The maximum Gasteiger partial charge on any atom is 0.267 e. The predicted molar refractivity (Wildman–Crippen MR) is 116 cm³/mol. The molecule has 1 unspecified atom stereocenters. The number of amides is 1. The molecule has 2 aromatic carbocycles. The molecule has 1 aromatic heterocycles. The second kappa shape index (κ2) is 9.26. The molecular formula is C23H25N3O4. The quantitative estimate of drug-likeness (QED) is 0.644. The van der Waals surface area contributed by atoms with E-state index in [2.05, 4.69) is 10.4 Å². The van der Waals surface area contributed by atoms with Crippen molar-refractivity contribution in [3.63, 3.8) is 0 Å². The molecule has 1 amide bonds. The number of carbonyl (C=O) groups is 1. The van der Waals surface area contributed by atoms with Crippen molar-refractivity contribution in [3.05, 3.63) is 70.5 Å². The number of anilines is 1. The molecule has 3 aromatic rings. The van der Waals surface area contributed by atoms with Crippen molar-refractivity contribution in [2.75, 3.05) is 19.0 Å². The Labute approximate surface area is 175 Å². The lowest BCUT2D eigenvalue weighted by molar-refractivity contribution is -0.119. The first-order valence-corrected chi connectivity index (χ1v) is 9.71. The van der Waals surface area contributed by atoms with Gasteiger partial charge in [0.25, 0.3) is 5.56 Å². The van der Waals surface area contributed by atoms with Crippen LogP contribution in [0.3, 0.4) is 0 Å². The van der Waals surface area contributed by atoms with E-state index in [4.69, 9.17) is 9.47 Å². The number of hydrogen-bond acceptors (Lipinski definition) is 5. The Bertz CT molecular complexity index is 1090. The fraction of sp³-hybridized carbons (Fsp3) is 0.261. The minimum absolute atomic E-state index is 0.358. The smallest absolute Gasteiger partial charge is 0.267 e. The van der Waals surface area contributed by atoms with E-state index in [1.807, 2.05) is 50.2 Å². The van der Waals surface area contributed by atoms with Gasteiger partial charge in [0.15, 0.2) is 0 Å². The van der Waals surface area contributed by atoms with Crippen LogP contribution in [-0.4, -0.2) is 29.4 Å². The number of carbonyl (C=O) groups excluding carboxylic acids is 1. The van der Waals surface area contributed by atoms with E-state index in [9.17, 15) is 9.59 Å². The Kier molecular flexibility index (Phi) is 6.51. The molecule has 0 spiro atoms. The third-order valence-corrected chi connectivity index (χ3v) is 4.65. The number of benzene rings is 2. The van der Waals surface area contributed by atoms with E-state index in [1.54, 1.807) is 19.1 Å². The maximum absolute atomic E-state index is 12.8. The second-order valence-corrected chi connectivity index (χ2v) is 6.83. The fourth-order valence-corrected chi connectivity index (χ4v) is 3.01. The highest BCUT2D eigenvalue weighted by Crippen LogP contribution is 2.26. The fourth-order valence-electron chi connectivity index (χ4n) is 3.01. The Hall–Kier alpha value is -3.61. The normalized spacial score (nSPS) is 11.6. The summed E-state index contributed by atoms with van der Waals surface area (Å²) >= 11 is 0. The highest BCUT2D eigenvalue weighted by Gasteiger charge is 2.19. The van der Waals surface area contributed by atoms with Gasteiger partial charge >= 0.3 is 0 Å². The summed E-state index contributed by atoms with van der Waals surface area (Å²) in [5.41, 5.74) is 2.57. The van der Waals surface area contributed by atoms with Crippen molar-refractivity contribution < 1.29 is 14.3 Å². The molecule has 3 rings (SSSR count). The van der Waals surface area contributed by atoms with Crippen LogP contribution >= 0.6 is 0 Å². The molecule has 0 aliphatic rings. The highest BCUT2D eigenvalue weighted by molar-refractivity contribution is 5.94. The molecule has 0 bridgehead atoms. The zero-order chi connectivity index (χ0) is 21.7. The van der Waals surface area contributed by atoms with Crippen LogP contribution in [0, 0.1) is 6.92 Å². The van der Waals surface area contributed by atoms with Gasteiger partial charge < -0.3 is 14.8 Å². The first-order valence-electron chi connectivity index (χ1n) is 9.71. The largest absolute Gasteiger partial charge is 0.495 e. The third kappa shape index (κ3) is 4.68. The van der Waals surface area contributed by atoms with E-state index < -0.39 is 6.04 Å². The van der Waals surface area contributed by atoms with Gasteiger partial charge in [-0.15, -0.1) is 0 Å². The molecular weight excluding hydrogens is 382 g/mol. The highest BCUT2D eigenvalue weighted by atomic mass is 16.5. The molecule has 0 fully saturated rings. The van der Waals surface area contributed by atoms with Crippen LogP contribution < -0.4 is 20.3 Å². The monoisotopic (exact) mass is 407 g/mol. The lowest BCUT2D eigenvalue weighted by atomic mass is 10.1. The first-order chi connectivity index (χ1) is 14.4. The lowest BCUT2D eigenvalue weighted by Gasteiger charge is -2.17. The molecule has 1 heterocycles. The Balaban J connectivity index is 1.86. The van der Waals surface area contributed by atoms with Gasteiger partial charge in [0.05, 0.1) is 25.1 Å². The first kappa shape index (κ1) is 21.1. The average Bonchev–Trinajstić information content (AvgIpc) is 2.74. The predicted octanol–water partition coefficient (Wildman–Crippen LogP) is 3.83. The van der Waals surface area contributed by atoms with Crippen molar-refractivity contribution in [2.24, 2.45) is 0 Å². The average molecular weight is 407 g/mol. The van der Waals surface area contributed by atoms with E-state index >= 15 is 0 Å². The zero-order valence-electron chi connectivity index (χ0n) is 17.5. The van der Waals surface area contributed by atoms with Gasteiger partial charge in [-0.1, -0.05) is 6.07 Å². The maximum atomic E-state index is 12.8. The van der Waals surface area contributed by atoms with Gasteiger partial charge in [0.1, 0.15) is 17.5 Å². The molecule has 7 heteroatoms. The van der Waals surface area contributed by atoms with Gasteiger partial charge in [-0.2, -0.15) is 5.10 Å². The molecule has 30 heavy (non-hydrogen) atoms. The van der Waals surface area contributed by atoms with E-state index in [0.29, 0.717) is 23.7 Å². The van der Waals surface area contributed by atoms with Gasteiger partial charge in [0, 0.05) is 11.6 Å². The Morgan fingerprint density at radius 1 is 1.13 bits per heavy atom. The summed E-state index contributed by atoms with van der Waals surface area (Å²) in [6, 6.07) is 15.2. The molecule has 1 atom stereocenters. The minimum Gasteiger partial charge on any atom is -0.495 e. The summed E-state index contributed by atoms with van der Waals surface area (Å²) < 4.78 is 11.9. The Morgan fingerprint density at radius 2 is 1.87 bits per heavy atom. The summed E-state index contributed by atoms with van der Waals surface area (Å²) in [5.74, 6) is 0.941. The second-order valence-electron chi connectivity index (χ2n) is 6.83. The Morgan fingerprint density at radius 3 is 2.53 bits per heavy atom. The number of hydrogen-bond donors (Lipinski definition) is 1. The van der Waals surface area contributed by atoms with E-state index in [0.717, 1.165) is 16.9 Å². The summed E-state index contributed by atoms with van der Waals surface area (Å²) in [5, 5.41) is 7.24. The van der Waals surface area contributed by atoms with Crippen LogP contribution in [0.1, 0.15) is 25.5 Å². The molecule has 0 saturated carbocycles. The molecule has 7 nitrogen and oxygen atoms in total. The third-order valence-electron chi connectivity index (χ3n) is 4.65. The minimum atomic E-state index is -0.814. The van der Waals surface area contributed by atoms with Crippen LogP contribution in [-0.2, 0) is 4.79 Å². The number of aryl methyl sites for hydroxylation is 1. The van der Waals surface area contributed by atoms with Crippen LogP contribution in [0.5, 0.6) is 11.5 Å². The van der Waals surface area contributed by atoms with Crippen LogP contribution in [0.2, 0.25) is 0 Å². The summed E-state index contributed by atoms with van der Waals surface area (Å²) in [6.45, 7) is 6.06. The van der Waals surface area contributed by atoms with Crippen molar-refractivity contribution in [1.29, 1.82) is 0 Å². The van der Waals surface area contributed by atoms with E-state index in [1.165, 1.54) is 17.9 Å². The topological polar surface area (TPSA) is 82.5 Å². The number of ether oxygens (including phenoxy) is 2. The number of aromatic nitrogens is 2. The number of nitrogens with one attached hydrogen (secondary N) is 1. The SMILES string of the molecule is CCOc1ccc(-c2ccc(=O)n(C(C)C(=O)Nc3cc(C)ccc3OC)n2)cc1. The van der Waals surface area contributed by atoms with Crippen LogP contribution in [0.4, 0.5) is 5.69 Å². The van der Waals surface area contributed by atoms with Crippen molar-refractivity contribution in [1.82, 2.24) is 9.78 Å². The number of rotatable bonds is 7. The van der Waals surface area contributed by atoms with Crippen LogP contribution in [0.15, 0.2) is 59.4 Å². The van der Waals surface area contributed by atoms with Crippen molar-refractivity contribution >= 4 is 11.6 Å². The van der Waals surface area contributed by atoms with Gasteiger partial charge in [-0.05, 0) is 68.8 Å². The zero-order valence-corrected chi connectivity index (χ0v) is 17.5. The molecule has 0 radical (unpaired) electrons. The molecule has 1 N–H and O–H groups in total. The molecule has 0 aliphatic heterocycles.